The molecule has 0 heterocycles. The van der Waals surface area contributed by atoms with Gasteiger partial charge in [0.05, 0.1) is 5.56 Å². The van der Waals surface area contributed by atoms with Crippen LogP contribution in [0, 0.1) is 0 Å². The number of nitrogens with one attached hydrogen (secondary N) is 1. The fourth-order valence-corrected chi connectivity index (χ4v) is 2.12. The summed E-state index contributed by atoms with van der Waals surface area (Å²) in [6.45, 7) is 5.36. The monoisotopic (exact) mass is 292 g/mol. The summed E-state index contributed by atoms with van der Waals surface area (Å²) < 4.78 is 0. The van der Waals surface area contributed by atoms with E-state index >= 15 is 0 Å². The van der Waals surface area contributed by atoms with E-state index in [1.807, 2.05) is 0 Å². The zero-order valence-corrected chi connectivity index (χ0v) is 12.0. The van der Waals surface area contributed by atoms with Gasteiger partial charge < -0.3 is 11.1 Å². The van der Waals surface area contributed by atoms with Gasteiger partial charge in [-0.25, -0.2) is 0 Å². The average Bonchev–Trinajstić information content (AvgIpc) is 2.38. The molecule has 0 aliphatic heterocycles. The molecule has 1 rings (SSSR count). The summed E-state index contributed by atoms with van der Waals surface area (Å²) in [5.74, 6) is -0.825. The van der Waals surface area contributed by atoms with Crippen LogP contribution in [0.15, 0.2) is 41.3 Å². The molecule has 106 valence electrons. The topological polar surface area (TPSA) is 89.3 Å². The summed E-state index contributed by atoms with van der Waals surface area (Å²) >= 11 is 0.955. The average molecular weight is 292 g/mol. The molecule has 0 fully saturated rings. The molecular formula is C14H16N2O3S. The van der Waals surface area contributed by atoms with E-state index in [4.69, 9.17) is 5.73 Å². The van der Waals surface area contributed by atoms with Crippen molar-refractivity contribution in [2.24, 2.45) is 5.73 Å². The number of carbonyl (C=O) groups excluding carboxylic acids is 3. The number of rotatable bonds is 6. The van der Waals surface area contributed by atoms with Crippen molar-refractivity contribution < 1.29 is 14.4 Å². The Kier molecular flexibility index (Phi) is 5.99. The van der Waals surface area contributed by atoms with Gasteiger partial charge in [0.2, 0.25) is 11.0 Å². The van der Waals surface area contributed by atoms with E-state index in [1.165, 1.54) is 0 Å². The van der Waals surface area contributed by atoms with Crippen LogP contribution in [0.5, 0.6) is 0 Å². The highest BCUT2D eigenvalue weighted by Crippen LogP contribution is 2.25. The SMILES string of the molecule is C=C(C)C(=O)Sc1ccccc1C(=O)NCCC(N)=O. The first kappa shape index (κ1) is 16.0. The van der Waals surface area contributed by atoms with Crippen molar-refractivity contribution in [3.05, 3.63) is 42.0 Å². The minimum Gasteiger partial charge on any atom is -0.370 e. The molecule has 6 heteroatoms. The lowest BCUT2D eigenvalue weighted by molar-refractivity contribution is -0.117. The molecule has 0 atom stereocenters. The Morgan fingerprint density at radius 2 is 1.95 bits per heavy atom. The van der Waals surface area contributed by atoms with Crippen LogP contribution in [0.2, 0.25) is 0 Å². The fourth-order valence-electron chi connectivity index (χ4n) is 1.32. The summed E-state index contributed by atoms with van der Waals surface area (Å²) in [7, 11) is 0. The Bertz CT molecular complexity index is 555. The molecular weight excluding hydrogens is 276 g/mol. The number of nitrogens with two attached hydrogens (primary N) is 1. The summed E-state index contributed by atoms with van der Waals surface area (Å²) in [4.78, 5) is 34.8. The van der Waals surface area contributed by atoms with Gasteiger partial charge in [-0.3, -0.25) is 14.4 Å². The zero-order valence-electron chi connectivity index (χ0n) is 11.1. The maximum absolute atomic E-state index is 12.0. The minimum atomic E-state index is -0.481. The van der Waals surface area contributed by atoms with E-state index in [1.54, 1.807) is 31.2 Å². The highest BCUT2D eigenvalue weighted by molar-refractivity contribution is 8.14. The molecule has 0 saturated heterocycles. The van der Waals surface area contributed by atoms with Crippen LogP contribution in [0.3, 0.4) is 0 Å². The first-order valence-electron chi connectivity index (χ1n) is 5.95. The first-order valence-corrected chi connectivity index (χ1v) is 6.76. The summed E-state index contributed by atoms with van der Waals surface area (Å²) in [5.41, 5.74) is 5.80. The van der Waals surface area contributed by atoms with Gasteiger partial charge in [0.25, 0.3) is 5.91 Å². The predicted octanol–water partition coefficient (Wildman–Crippen LogP) is 1.49. The molecule has 0 aromatic heterocycles. The zero-order chi connectivity index (χ0) is 15.1. The second kappa shape index (κ2) is 7.49. The van der Waals surface area contributed by atoms with Gasteiger partial charge >= 0.3 is 0 Å². The molecule has 0 bridgehead atoms. The Morgan fingerprint density at radius 3 is 2.55 bits per heavy atom. The second-order valence-corrected chi connectivity index (χ2v) is 5.15. The Balaban J connectivity index is 2.79. The van der Waals surface area contributed by atoms with Gasteiger partial charge in [-0.2, -0.15) is 0 Å². The van der Waals surface area contributed by atoms with Crippen LogP contribution < -0.4 is 11.1 Å². The van der Waals surface area contributed by atoms with Gasteiger partial charge in [-0.15, -0.1) is 0 Å². The van der Waals surface area contributed by atoms with Crippen molar-refractivity contribution >= 4 is 28.7 Å². The standard InChI is InChI=1S/C14H16N2O3S/c1-9(2)14(19)20-11-6-4-3-5-10(11)13(18)16-8-7-12(15)17/h3-6H,1,7-8H2,2H3,(H2,15,17)(H,16,18). The number of hydrogen-bond donors (Lipinski definition) is 2. The third-order valence-electron chi connectivity index (χ3n) is 2.34. The number of thioether (sulfide) groups is 1. The number of benzene rings is 1. The van der Waals surface area contributed by atoms with Crippen molar-refractivity contribution in [3.63, 3.8) is 0 Å². The highest BCUT2D eigenvalue weighted by atomic mass is 32.2. The number of carbonyl (C=O) groups is 3. The van der Waals surface area contributed by atoms with Crippen LogP contribution in [0.1, 0.15) is 23.7 Å². The van der Waals surface area contributed by atoms with Gasteiger partial charge in [0, 0.05) is 17.9 Å². The lowest BCUT2D eigenvalue weighted by atomic mass is 10.2. The smallest absolute Gasteiger partial charge is 0.252 e. The molecule has 1 aromatic rings. The number of primary amides is 1. The van der Waals surface area contributed by atoms with E-state index in [0.717, 1.165) is 11.8 Å². The fraction of sp³-hybridized carbons (Fsp3) is 0.214. The largest absolute Gasteiger partial charge is 0.370 e. The Labute approximate surface area is 121 Å². The third kappa shape index (κ3) is 4.89. The molecule has 1 aromatic carbocycles. The molecule has 2 amide bonds. The quantitative estimate of drug-likeness (QED) is 0.614. The van der Waals surface area contributed by atoms with Gasteiger partial charge in [-0.05, 0) is 36.4 Å². The lowest BCUT2D eigenvalue weighted by Crippen LogP contribution is -2.28. The van der Waals surface area contributed by atoms with Crippen LogP contribution in [0.4, 0.5) is 0 Å². The lowest BCUT2D eigenvalue weighted by Gasteiger charge is -2.08. The molecule has 3 N–H and O–H groups in total. The molecule has 0 aliphatic rings. The normalized spacial score (nSPS) is 9.85. The van der Waals surface area contributed by atoms with E-state index < -0.39 is 5.91 Å². The molecule has 0 spiro atoms. The summed E-state index contributed by atoms with van der Waals surface area (Å²) in [6.07, 6.45) is 0.0751. The summed E-state index contributed by atoms with van der Waals surface area (Å²) in [5, 5.41) is 2.39. The molecule has 5 nitrogen and oxygen atoms in total. The van der Waals surface area contributed by atoms with Gasteiger partial charge in [0.15, 0.2) is 0 Å². The molecule has 0 unspecified atom stereocenters. The van der Waals surface area contributed by atoms with Crippen molar-refractivity contribution in [2.45, 2.75) is 18.2 Å². The van der Waals surface area contributed by atoms with Crippen LogP contribution in [-0.2, 0) is 9.59 Å². The van der Waals surface area contributed by atoms with E-state index in [9.17, 15) is 14.4 Å². The Morgan fingerprint density at radius 1 is 1.30 bits per heavy atom. The second-order valence-electron chi connectivity index (χ2n) is 4.14. The number of hydrogen-bond acceptors (Lipinski definition) is 4. The van der Waals surface area contributed by atoms with Crippen LogP contribution >= 0.6 is 11.8 Å². The van der Waals surface area contributed by atoms with E-state index in [0.29, 0.717) is 16.0 Å². The van der Waals surface area contributed by atoms with Crippen molar-refractivity contribution in [3.8, 4) is 0 Å². The van der Waals surface area contributed by atoms with Crippen molar-refractivity contribution in [1.29, 1.82) is 0 Å². The molecule has 0 radical (unpaired) electrons. The predicted molar refractivity (Wildman–Crippen MR) is 78.3 cm³/mol. The van der Waals surface area contributed by atoms with E-state index in [-0.39, 0.29) is 24.0 Å². The van der Waals surface area contributed by atoms with Crippen LogP contribution in [0.25, 0.3) is 0 Å². The van der Waals surface area contributed by atoms with Gasteiger partial charge in [0.1, 0.15) is 0 Å². The number of amides is 2. The van der Waals surface area contributed by atoms with Crippen molar-refractivity contribution in [2.75, 3.05) is 6.54 Å². The minimum absolute atomic E-state index is 0.0751. The maximum atomic E-state index is 12.0. The third-order valence-corrected chi connectivity index (χ3v) is 3.45. The molecule has 20 heavy (non-hydrogen) atoms. The van der Waals surface area contributed by atoms with E-state index in [2.05, 4.69) is 11.9 Å². The summed E-state index contributed by atoms with van der Waals surface area (Å²) in [6, 6.07) is 6.76. The maximum Gasteiger partial charge on any atom is 0.252 e. The van der Waals surface area contributed by atoms with Crippen molar-refractivity contribution in [1.82, 2.24) is 5.32 Å². The molecule has 0 aliphatic carbocycles. The van der Waals surface area contributed by atoms with Crippen LogP contribution in [-0.4, -0.2) is 23.5 Å². The molecule has 0 saturated carbocycles. The van der Waals surface area contributed by atoms with Gasteiger partial charge in [-0.1, -0.05) is 18.7 Å². The highest BCUT2D eigenvalue weighted by Gasteiger charge is 2.14. The first-order chi connectivity index (χ1) is 9.41. The Hall–Kier alpha value is -2.08.